The molecule has 0 aliphatic heterocycles. The highest BCUT2D eigenvalue weighted by molar-refractivity contribution is 5.87. The smallest absolute Gasteiger partial charge is 0.139 e. The maximum atomic E-state index is 12.6. The Balaban J connectivity index is 1.38. The summed E-state index contributed by atoms with van der Waals surface area (Å²) in [7, 11) is 4.08. The second-order valence-corrected chi connectivity index (χ2v) is 11.0. The topological polar surface area (TPSA) is 41.9 Å². The van der Waals surface area contributed by atoms with Crippen molar-refractivity contribution in [2.75, 3.05) is 27.2 Å². The highest BCUT2D eigenvalue weighted by Gasteiger charge is 2.59. The zero-order valence-corrected chi connectivity index (χ0v) is 19.0. The predicted octanol–water partition coefficient (Wildman–Crippen LogP) is 5.09. The average Bonchev–Trinajstić information content (AvgIpc) is 2.99. The van der Waals surface area contributed by atoms with Crippen LogP contribution in [0.4, 0.5) is 0 Å². The standard InChI is InChI=1S/C25H40N2O2/c1-24-12-9-18(11-14-26-29-16-15-27(3)4)17-19(24)5-6-20-21-7-8-23(28)25(21,2)13-10-22(20)24/h11,14,19-22H,5-10,12-13,15-17H2,1-4H3/b18-11+,26-14?/t19?,20?,21?,22?,24-,25-/m0/s1. The number of rotatable bonds is 5. The molecule has 0 aromatic carbocycles. The Bertz CT molecular complexity index is 684. The molecule has 0 saturated heterocycles. The van der Waals surface area contributed by atoms with E-state index < -0.39 is 0 Å². The van der Waals surface area contributed by atoms with Crippen LogP contribution in [0.2, 0.25) is 0 Å². The normalized spacial score (nSPS) is 43.5. The first-order chi connectivity index (χ1) is 13.8. The first-order valence-corrected chi connectivity index (χ1v) is 11.9. The summed E-state index contributed by atoms with van der Waals surface area (Å²) in [6, 6.07) is 0. The molecule has 0 amide bonds. The number of carbonyl (C=O) groups is 1. The van der Waals surface area contributed by atoms with Crippen molar-refractivity contribution < 1.29 is 9.63 Å². The lowest BCUT2D eigenvalue weighted by Gasteiger charge is -2.59. The number of ketones is 1. The summed E-state index contributed by atoms with van der Waals surface area (Å²) in [4.78, 5) is 20.0. The van der Waals surface area contributed by atoms with Crippen LogP contribution in [0.25, 0.3) is 0 Å². The molecule has 4 nitrogen and oxygen atoms in total. The summed E-state index contributed by atoms with van der Waals surface area (Å²) in [5, 5.41) is 4.12. The zero-order chi connectivity index (χ0) is 20.6. The van der Waals surface area contributed by atoms with Gasteiger partial charge in [0.15, 0.2) is 0 Å². The van der Waals surface area contributed by atoms with Crippen LogP contribution in [-0.2, 0) is 9.63 Å². The Labute approximate surface area is 177 Å². The lowest BCUT2D eigenvalue weighted by Crippen LogP contribution is -2.53. The van der Waals surface area contributed by atoms with E-state index in [9.17, 15) is 4.79 Å². The molecule has 4 heteroatoms. The zero-order valence-electron chi connectivity index (χ0n) is 19.0. The third-order valence-electron chi connectivity index (χ3n) is 9.34. The monoisotopic (exact) mass is 400 g/mol. The van der Waals surface area contributed by atoms with Crippen LogP contribution in [0.1, 0.15) is 71.6 Å². The fourth-order valence-electron chi connectivity index (χ4n) is 7.49. The van der Waals surface area contributed by atoms with Crippen molar-refractivity contribution in [2.24, 2.45) is 39.7 Å². The molecule has 162 valence electrons. The highest BCUT2D eigenvalue weighted by Crippen LogP contribution is 2.65. The molecule has 0 heterocycles. The van der Waals surface area contributed by atoms with Crippen LogP contribution in [0, 0.1) is 34.5 Å². The van der Waals surface area contributed by atoms with Crippen LogP contribution >= 0.6 is 0 Å². The van der Waals surface area contributed by atoms with Crippen LogP contribution in [-0.4, -0.2) is 44.1 Å². The third kappa shape index (κ3) is 3.82. The van der Waals surface area contributed by atoms with Crippen LogP contribution in [0.3, 0.4) is 0 Å². The fourth-order valence-corrected chi connectivity index (χ4v) is 7.49. The maximum Gasteiger partial charge on any atom is 0.139 e. The van der Waals surface area contributed by atoms with Crippen molar-refractivity contribution in [3.8, 4) is 0 Å². The van der Waals surface area contributed by atoms with Crippen molar-refractivity contribution in [3.63, 3.8) is 0 Å². The molecule has 6 atom stereocenters. The number of hydrogen-bond donors (Lipinski definition) is 0. The molecule has 4 fully saturated rings. The molecular weight excluding hydrogens is 360 g/mol. The largest absolute Gasteiger partial charge is 0.394 e. The molecule has 4 rings (SSSR count). The van der Waals surface area contributed by atoms with Crippen molar-refractivity contribution in [1.82, 2.24) is 4.90 Å². The quantitative estimate of drug-likeness (QED) is 0.367. The Morgan fingerprint density at radius 2 is 1.93 bits per heavy atom. The minimum Gasteiger partial charge on any atom is -0.394 e. The summed E-state index contributed by atoms with van der Waals surface area (Å²) < 4.78 is 0. The molecule has 29 heavy (non-hydrogen) atoms. The summed E-state index contributed by atoms with van der Waals surface area (Å²) in [6.45, 7) is 6.41. The molecule has 4 saturated carbocycles. The summed E-state index contributed by atoms with van der Waals surface area (Å²) in [6.07, 6.45) is 14.9. The van der Waals surface area contributed by atoms with Gasteiger partial charge in [-0.15, -0.1) is 0 Å². The molecule has 0 N–H and O–H groups in total. The third-order valence-corrected chi connectivity index (χ3v) is 9.34. The Hall–Kier alpha value is -1.16. The van der Waals surface area contributed by atoms with Gasteiger partial charge in [-0.3, -0.25) is 4.79 Å². The molecule has 4 aliphatic carbocycles. The van der Waals surface area contributed by atoms with E-state index in [1.165, 1.54) is 38.5 Å². The van der Waals surface area contributed by atoms with Gasteiger partial charge in [0, 0.05) is 18.4 Å². The van der Waals surface area contributed by atoms with Crippen molar-refractivity contribution in [1.29, 1.82) is 0 Å². The lowest BCUT2D eigenvalue weighted by molar-refractivity contribution is -0.137. The van der Waals surface area contributed by atoms with Gasteiger partial charge in [0.25, 0.3) is 0 Å². The van der Waals surface area contributed by atoms with Gasteiger partial charge in [-0.1, -0.05) is 24.6 Å². The molecule has 4 unspecified atom stereocenters. The Morgan fingerprint density at radius 3 is 2.72 bits per heavy atom. The number of allylic oxidation sites excluding steroid dienone is 2. The molecule has 0 radical (unpaired) electrons. The number of carbonyl (C=O) groups excluding carboxylic acids is 1. The molecule has 0 aromatic rings. The Morgan fingerprint density at radius 1 is 1.10 bits per heavy atom. The second kappa shape index (κ2) is 8.17. The van der Waals surface area contributed by atoms with E-state index in [4.69, 9.17) is 4.84 Å². The van der Waals surface area contributed by atoms with Gasteiger partial charge < -0.3 is 9.74 Å². The SMILES string of the molecule is CN(C)CCON=C/C=C1\CC[C@@]2(C)C(CCC3C2CC[C@]2(C)C(=O)CCC32)C1. The van der Waals surface area contributed by atoms with Crippen molar-refractivity contribution >= 4 is 12.0 Å². The maximum absolute atomic E-state index is 12.6. The van der Waals surface area contributed by atoms with E-state index in [0.29, 0.717) is 23.7 Å². The fraction of sp³-hybridized carbons (Fsp3) is 0.840. The highest BCUT2D eigenvalue weighted by atomic mass is 16.6. The minimum absolute atomic E-state index is 0.00708. The van der Waals surface area contributed by atoms with E-state index in [-0.39, 0.29) is 5.41 Å². The first kappa shape index (κ1) is 21.1. The van der Waals surface area contributed by atoms with Gasteiger partial charge in [0.1, 0.15) is 12.4 Å². The number of fused-ring (bicyclic) bond motifs is 5. The minimum atomic E-state index is 0.00708. The van der Waals surface area contributed by atoms with E-state index in [2.05, 4.69) is 30.0 Å². The molecule has 0 spiro atoms. The van der Waals surface area contributed by atoms with E-state index in [0.717, 1.165) is 43.6 Å². The molecular formula is C25H40N2O2. The number of hydrogen-bond acceptors (Lipinski definition) is 4. The number of likely N-dealkylation sites (N-methyl/N-ethyl adjacent to an activating group) is 1. The second-order valence-electron chi connectivity index (χ2n) is 11.0. The summed E-state index contributed by atoms with van der Waals surface area (Å²) in [5.74, 6) is 3.64. The van der Waals surface area contributed by atoms with Crippen molar-refractivity contribution in [2.45, 2.75) is 71.6 Å². The van der Waals surface area contributed by atoms with Gasteiger partial charge in [0.2, 0.25) is 0 Å². The van der Waals surface area contributed by atoms with Gasteiger partial charge in [-0.05, 0) is 101 Å². The van der Waals surface area contributed by atoms with Crippen LogP contribution in [0.15, 0.2) is 16.8 Å². The molecule has 4 aliphatic rings. The summed E-state index contributed by atoms with van der Waals surface area (Å²) in [5.41, 5.74) is 2.02. The van der Waals surface area contributed by atoms with Crippen LogP contribution < -0.4 is 0 Å². The van der Waals surface area contributed by atoms with Gasteiger partial charge >= 0.3 is 0 Å². The average molecular weight is 401 g/mol. The van der Waals surface area contributed by atoms with E-state index in [1.807, 2.05) is 20.3 Å². The van der Waals surface area contributed by atoms with E-state index in [1.54, 1.807) is 5.57 Å². The summed E-state index contributed by atoms with van der Waals surface area (Å²) >= 11 is 0. The first-order valence-electron chi connectivity index (χ1n) is 11.9. The van der Waals surface area contributed by atoms with Gasteiger partial charge in [-0.2, -0.15) is 0 Å². The number of Topliss-reactive ketones (excluding diaryl/α,β-unsaturated/α-hetero) is 1. The number of nitrogens with zero attached hydrogens (tertiary/aromatic N) is 2. The predicted molar refractivity (Wildman–Crippen MR) is 118 cm³/mol. The van der Waals surface area contributed by atoms with Crippen molar-refractivity contribution in [3.05, 3.63) is 11.6 Å². The van der Waals surface area contributed by atoms with E-state index >= 15 is 0 Å². The van der Waals surface area contributed by atoms with Crippen LogP contribution in [0.5, 0.6) is 0 Å². The lowest BCUT2D eigenvalue weighted by atomic mass is 9.45. The van der Waals surface area contributed by atoms with Gasteiger partial charge in [-0.25, -0.2) is 0 Å². The number of oxime groups is 1. The Kier molecular flexibility index (Phi) is 5.94. The van der Waals surface area contributed by atoms with Gasteiger partial charge in [0.05, 0.1) is 6.21 Å². The molecule has 0 aromatic heterocycles. The molecule has 0 bridgehead atoms.